The van der Waals surface area contributed by atoms with E-state index in [9.17, 15) is 4.39 Å². The average Bonchev–Trinajstić information content (AvgIpc) is 2.39. The lowest BCUT2D eigenvalue weighted by molar-refractivity contribution is 0.188. The number of hydrogen-bond acceptors (Lipinski definition) is 2. The maximum Gasteiger partial charge on any atom is 0.123 e. The zero-order valence-corrected chi connectivity index (χ0v) is 13.5. The molecule has 0 saturated heterocycles. The Morgan fingerprint density at radius 1 is 1.10 bits per heavy atom. The van der Waals surface area contributed by atoms with Gasteiger partial charge in [0.1, 0.15) is 5.82 Å². The maximum absolute atomic E-state index is 13.0. The highest BCUT2D eigenvalue weighted by atomic mass is 19.1. The van der Waals surface area contributed by atoms with Crippen molar-refractivity contribution in [1.29, 1.82) is 0 Å². The smallest absolute Gasteiger partial charge is 0.123 e. The molecule has 0 amide bonds. The molecule has 1 aromatic rings. The minimum Gasteiger partial charge on any atom is -0.313 e. The monoisotopic (exact) mass is 280 g/mol. The Bertz CT molecular complexity index is 373. The topological polar surface area (TPSA) is 15.3 Å². The van der Waals surface area contributed by atoms with E-state index in [2.05, 4.69) is 37.9 Å². The summed E-state index contributed by atoms with van der Waals surface area (Å²) < 4.78 is 13.0. The van der Waals surface area contributed by atoms with Crippen molar-refractivity contribution in [1.82, 2.24) is 10.2 Å². The number of hydrogen-bond donors (Lipinski definition) is 1. The van der Waals surface area contributed by atoms with Crippen molar-refractivity contribution in [2.24, 2.45) is 5.92 Å². The van der Waals surface area contributed by atoms with Crippen molar-refractivity contribution in [3.63, 3.8) is 0 Å². The van der Waals surface area contributed by atoms with E-state index in [-0.39, 0.29) is 11.9 Å². The van der Waals surface area contributed by atoms with Crippen LogP contribution in [0.15, 0.2) is 24.3 Å². The first-order valence-corrected chi connectivity index (χ1v) is 7.60. The van der Waals surface area contributed by atoms with Gasteiger partial charge in [0.05, 0.1) is 0 Å². The fourth-order valence-electron chi connectivity index (χ4n) is 2.50. The quantitative estimate of drug-likeness (QED) is 0.778. The van der Waals surface area contributed by atoms with Gasteiger partial charge in [-0.3, -0.25) is 0 Å². The summed E-state index contributed by atoms with van der Waals surface area (Å²) in [4.78, 5) is 2.51. The Morgan fingerprint density at radius 2 is 1.70 bits per heavy atom. The van der Waals surface area contributed by atoms with Crippen LogP contribution in [0.5, 0.6) is 0 Å². The molecule has 114 valence electrons. The highest BCUT2D eigenvalue weighted by molar-refractivity contribution is 5.19. The molecule has 1 N–H and O–H groups in total. The van der Waals surface area contributed by atoms with Gasteiger partial charge in [-0.15, -0.1) is 0 Å². The summed E-state index contributed by atoms with van der Waals surface area (Å²) in [5.41, 5.74) is 1.15. The zero-order valence-electron chi connectivity index (χ0n) is 13.5. The van der Waals surface area contributed by atoms with Gasteiger partial charge in [0.2, 0.25) is 0 Å². The van der Waals surface area contributed by atoms with Crippen LogP contribution in [0.1, 0.15) is 45.7 Å². The minimum atomic E-state index is -0.174. The average molecular weight is 280 g/mol. The molecular weight excluding hydrogens is 251 g/mol. The number of nitrogens with one attached hydrogen (secondary N) is 1. The summed E-state index contributed by atoms with van der Waals surface area (Å²) >= 11 is 0. The molecule has 0 aromatic heterocycles. The predicted molar refractivity (Wildman–Crippen MR) is 84.4 cm³/mol. The van der Waals surface area contributed by atoms with Crippen LogP contribution in [0.4, 0.5) is 4.39 Å². The fourth-order valence-corrected chi connectivity index (χ4v) is 2.50. The van der Waals surface area contributed by atoms with Gasteiger partial charge in [-0.1, -0.05) is 26.0 Å². The molecule has 0 spiro atoms. The molecule has 3 heteroatoms. The molecule has 1 aromatic carbocycles. The van der Waals surface area contributed by atoms with E-state index in [1.807, 2.05) is 19.2 Å². The molecule has 0 fully saturated rings. The Morgan fingerprint density at radius 3 is 2.15 bits per heavy atom. The van der Waals surface area contributed by atoms with Crippen LogP contribution >= 0.6 is 0 Å². The Hall–Kier alpha value is -0.930. The third-order valence-corrected chi connectivity index (χ3v) is 3.66. The lowest BCUT2D eigenvalue weighted by atomic mass is 10.0. The standard InChI is InChI=1S/C17H29FN2/c1-13(2)12-20(14(3)4)11-10-17(19-5)15-6-8-16(18)9-7-15/h6-9,13-14,17,19H,10-12H2,1-5H3. The number of halogens is 1. The van der Waals surface area contributed by atoms with Crippen molar-refractivity contribution in [3.8, 4) is 0 Å². The molecule has 0 bridgehead atoms. The molecule has 0 saturated carbocycles. The SMILES string of the molecule is CNC(CCN(CC(C)C)C(C)C)c1ccc(F)cc1. The molecule has 1 rings (SSSR count). The third kappa shape index (κ3) is 5.59. The predicted octanol–water partition coefficient (Wildman–Crippen LogP) is 3.84. The first-order chi connectivity index (χ1) is 9.43. The number of rotatable bonds is 8. The molecule has 1 unspecified atom stereocenters. The lowest BCUT2D eigenvalue weighted by Crippen LogP contribution is -2.36. The Balaban J connectivity index is 2.61. The minimum absolute atomic E-state index is 0.174. The van der Waals surface area contributed by atoms with Gasteiger partial charge in [0.15, 0.2) is 0 Å². The lowest BCUT2D eigenvalue weighted by Gasteiger charge is -2.30. The highest BCUT2D eigenvalue weighted by Gasteiger charge is 2.15. The van der Waals surface area contributed by atoms with Crippen LogP contribution < -0.4 is 5.32 Å². The largest absolute Gasteiger partial charge is 0.313 e. The maximum atomic E-state index is 13.0. The number of benzene rings is 1. The van der Waals surface area contributed by atoms with E-state index in [1.54, 1.807) is 0 Å². The molecule has 2 nitrogen and oxygen atoms in total. The first kappa shape index (κ1) is 17.1. The highest BCUT2D eigenvalue weighted by Crippen LogP contribution is 2.18. The zero-order chi connectivity index (χ0) is 15.1. The molecular formula is C17H29FN2. The number of nitrogens with zero attached hydrogens (tertiary/aromatic N) is 1. The molecule has 0 radical (unpaired) electrons. The van der Waals surface area contributed by atoms with Crippen LogP contribution in [-0.2, 0) is 0 Å². The Labute approximate surface area is 123 Å². The molecule has 0 aliphatic carbocycles. The second kappa shape index (κ2) is 8.38. The molecule has 0 aliphatic heterocycles. The van der Waals surface area contributed by atoms with Gasteiger partial charge < -0.3 is 10.2 Å². The van der Waals surface area contributed by atoms with E-state index in [1.165, 1.54) is 12.1 Å². The fraction of sp³-hybridized carbons (Fsp3) is 0.647. The molecule has 0 heterocycles. The van der Waals surface area contributed by atoms with E-state index in [4.69, 9.17) is 0 Å². The summed E-state index contributed by atoms with van der Waals surface area (Å²) in [7, 11) is 1.97. The first-order valence-electron chi connectivity index (χ1n) is 7.60. The van der Waals surface area contributed by atoms with Crippen molar-refractivity contribution in [2.75, 3.05) is 20.1 Å². The molecule has 20 heavy (non-hydrogen) atoms. The summed E-state index contributed by atoms with van der Waals surface area (Å²) in [6.07, 6.45) is 1.03. The summed E-state index contributed by atoms with van der Waals surface area (Å²) in [5, 5.41) is 3.34. The van der Waals surface area contributed by atoms with Gasteiger partial charge >= 0.3 is 0 Å². The molecule has 1 atom stereocenters. The summed E-state index contributed by atoms with van der Waals surface area (Å²) in [5.74, 6) is 0.503. The normalized spacial score (nSPS) is 13.4. The van der Waals surface area contributed by atoms with Crippen molar-refractivity contribution in [2.45, 2.75) is 46.2 Å². The van der Waals surface area contributed by atoms with E-state index in [0.717, 1.165) is 25.1 Å². The van der Waals surface area contributed by atoms with Crippen molar-refractivity contribution in [3.05, 3.63) is 35.6 Å². The van der Waals surface area contributed by atoms with Crippen molar-refractivity contribution >= 4 is 0 Å². The van der Waals surface area contributed by atoms with Gasteiger partial charge in [-0.2, -0.15) is 0 Å². The van der Waals surface area contributed by atoms with Gasteiger partial charge in [-0.05, 0) is 50.9 Å². The van der Waals surface area contributed by atoms with Crippen LogP contribution in [0, 0.1) is 11.7 Å². The van der Waals surface area contributed by atoms with Gasteiger partial charge in [-0.25, -0.2) is 4.39 Å². The van der Waals surface area contributed by atoms with Crippen LogP contribution in [0.2, 0.25) is 0 Å². The Kier molecular flexibility index (Phi) is 7.17. The summed E-state index contributed by atoms with van der Waals surface area (Å²) in [6.45, 7) is 11.2. The second-order valence-electron chi connectivity index (χ2n) is 6.16. The van der Waals surface area contributed by atoms with E-state index >= 15 is 0 Å². The summed E-state index contributed by atoms with van der Waals surface area (Å²) in [6, 6.07) is 7.66. The third-order valence-electron chi connectivity index (χ3n) is 3.66. The second-order valence-corrected chi connectivity index (χ2v) is 6.16. The van der Waals surface area contributed by atoms with Crippen LogP contribution in [0.3, 0.4) is 0 Å². The van der Waals surface area contributed by atoms with Crippen LogP contribution in [-0.4, -0.2) is 31.1 Å². The van der Waals surface area contributed by atoms with Crippen LogP contribution in [0.25, 0.3) is 0 Å². The van der Waals surface area contributed by atoms with Crippen molar-refractivity contribution < 1.29 is 4.39 Å². The van der Waals surface area contributed by atoms with Gasteiger partial charge in [0.25, 0.3) is 0 Å². The molecule has 0 aliphatic rings. The van der Waals surface area contributed by atoms with Gasteiger partial charge in [0, 0.05) is 25.2 Å². The van der Waals surface area contributed by atoms with E-state index in [0.29, 0.717) is 12.0 Å². The van der Waals surface area contributed by atoms with E-state index < -0.39 is 0 Å².